The van der Waals surface area contributed by atoms with Crippen LogP contribution in [0, 0.1) is 5.92 Å². The van der Waals surface area contributed by atoms with Crippen LogP contribution in [0.4, 0.5) is 5.69 Å². The summed E-state index contributed by atoms with van der Waals surface area (Å²) in [5.41, 5.74) is 9.26. The van der Waals surface area contributed by atoms with E-state index >= 15 is 0 Å². The van der Waals surface area contributed by atoms with Crippen LogP contribution in [0.5, 0.6) is 0 Å². The van der Waals surface area contributed by atoms with Crippen molar-refractivity contribution in [3.8, 4) is 0 Å². The predicted molar refractivity (Wildman–Crippen MR) is 126 cm³/mol. The smallest absolute Gasteiger partial charge is 0.262 e. The number of fused-ring (bicyclic) bond motifs is 1. The van der Waals surface area contributed by atoms with Crippen molar-refractivity contribution in [1.29, 1.82) is 0 Å². The SMILES string of the molecule is NC(=O)[C@@H]1Cc2ccccc2N(CC(=O)N2N=C(c3ccc(Cl)cc3)C[C@H]2c2ccco2)C1. The monoisotopic (exact) mass is 462 g/mol. The van der Waals surface area contributed by atoms with Gasteiger partial charge in [0.2, 0.25) is 5.91 Å². The second-order valence-electron chi connectivity index (χ2n) is 8.34. The highest BCUT2D eigenvalue weighted by Gasteiger charge is 2.37. The molecule has 0 spiro atoms. The Balaban J connectivity index is 1.44. The summed E-state index contributed by atoms with van der Waals surface area (Å²) in [5, 5.41) is 6.82. The minimum Gasteiger partial charge on any atom is -0.467 e. The molecule has 7 nitrogen and oxygen atoms in total. The zero-order valence-electron chi connectivity index (χ0n) is 17.9. The molecule has 0 saturated carbocycles. The van der Waals surface area contributed by atoms with Crippen LogP contribution in [0.15, 0.2) is 76.4 Å². The summed E-state index contributed by atoms with van der Waals surface area (Å²) in [7, 11) is 0. The van der Waals surface area contributed by atoms with Crippen LogP contribution >= 0.6 is 11.6 Å². The van der Waals surface area contributed by atoms with Gasteiger partial charge in [0.15, 0.2) is 0 Å². The van der Waals surface area contributed by atoms with Gasteiger partial charge < -0.3 is 15.1 Å². The number of nitrogens with zero attached hydrogens (tertiary/aromatic N) is 3. The molecular weight excluding hydrogens is 440 g/mol. The summed E-state index contributed by atoms with van der Waals surface area (Å²) in [5.74, 6) is -0.217. The lowest BCUT2D eigenvalue weighted by molar-refractivity contribution is -0.132. The molecule has 168 valence electrons. The molecule has 8 heteroatoms. The van der Waals surface area contributed by atoms with Crippen LogP contribution in [-0.4, -0.2) is 35.6 Å². The summed E-state index contributed by atoms with van der Waals surface area (Å²) < 4.78 is 5.63. The number of carbonyl (C=O) groups is 2. The molecule has 2 N–H and O–H groups in total. The number of nitrogens with two attached hydrogens (primary N) is 1. The first-order valence-corrected chi connectivity index (χ1v) is 11.2. The Morgan fingerprint density at radius 1 is 1.06 bits per heavy atom. The van der Waals surface area contributed by atoms with Gasteiger partial charge in [-0.25, -0.2) is 5.01 Å². The van der Waals surface area contributed by atoms with Gasteiger partial charge in [-0.3, -0.25) is 9.59 Å². The van der Waals surface area contributed by atoms with Crippen LogP contribution in [0.1, 0.15) is 29.3 Å². The number of furan rings is 1. The van der Waals surface area contributed by atoms with E-state index in [1.165, 1.54) is 5.01 Å². The van der Waals surface area contributed by atoms with E-state index in [4.69, 9.17) is 21.8 Å². The standard InChI is InChI=1S/C25H23ClN4O3/c26-19-9-7-16(8-10-19)20-13-22(23-6-3-11-33-23)30(28-20)24(31)15-29-14-18(25(27)32)12-17-4-1-2-5-21(17)29/h1-11,18,22H,12-15H2,(H2,27,32)/t18-,22+/m1/s1. The molecule has 0 unspecified atom stereocenters. The summed E-state index contributed by atoms with van der Waals surface area (Å²) in [6.45, 7) is 0.473. The van der Waals surface area contributed by atoms with Crippen LogP contribution in [0.25, 0.3) is 0 Å². The normalized spacial score (nSPS) is 19.8. The molecule has 0 radical (unpaired) electrons. The Hall–Kier alpha value is -3.58. The molecule has 0 bridgehead atoms. The number of hydrazone groups is 1. The number of rotatable bonds is 5. The molecule has 33 heavy (non-hydrogen) atoms. The maximum atomic E-state index is 13.5. The second kappa shape index (κ2) is 8.75. The molecule has 5 rings (SSSR count). The third-order valence-corrected chi connectivity index (χ3v) is 6.43. The fourth-order valence-corrected chi connectivity index (χ4v) is 4.65. The maximum absolute atomic E-state index is 13.5. The second-order valence-corrected chi connectivity index (χ2v) is 8.78. The summed E-state index contributed by atoms with van der Waals surface area (Å²) in [6, 6.07) is 18.5. The van der Waals surface area contributed by atoms with Crippen LogP contribution < -0.4 is 10.6 Å². The van der Waals surface area contributed by atoms with Gasteiger partial charge in [0.25, 0.3) is 5.91 Å². The average molecular weight is 463 g/mol. The maximum Gasteiger partial charge on any atom is 0.262 e. The number of halogens is 1. The van der Waals surface area contributed by atoms with Crippen molar-refractivity contribution in [1.82, 2.24) is 5.01 Å². The minimum absolute atomic E-state index is 0.0788. The molecule has 1 aromatic heterocycles. The van der Waals surface area contributed by atoms with Gasteiger partial charge >= 0.3 is 0 Å². The largest absolute Gasteiger partial charge is 0.467 e. The third kappa shape index (κ3) is 4.24. The van der Waals surface area contributed by atoms with E-state index in [1.54, 1.807) is 24.5 Å². The number of hydrogen-bond acceptors (Lipinski definition) is 5. The van der Waals surface area contributed by atoms with Gasteiger partial charge in [-0.1, -0.05) is 41.9 Å². The quantitative estimate of drug-likeness (QED) is 0.624. The molecule has 3 heterocycles. The number of hydrogen-bond donors (Lipinski definition) is 1. The average Bonchev–Trinajstić information content (AvgIpc) is 3.49. The first kappa shape index (κ1) is 21.3. The van der Waals surface area contributed by atoms with Gasteiger partial charge in [-0.05, 0) is 47.9 Å². The van der Waals surface area contributed by atoms with E-state index < -0.39 is 0 Å². The molecule has 2 aliphatic heterocycles. The highest BCUT2D eigenvalue weighted by molar-refractivity contribution is 6.30. The molecule has 0 aliphatic carbocycles. The van der Waals surface area contributed by atoms with E-state index in [9.17, 15) is 9.59 Å². The summed E-state index contributed by atoms with van der Waals surface area (Å²) >= 11 is 6.03. The van der Waals surface area contributed by atoms with Crippen molar-refractivity contribution in [2.75, 3.05) is 18.0 Å². The lowest BCUT2D eigenvalue weighted by atomic mass is 9.92. The number of amides is 2. The van der Waals surface area contributed by atoms with E-state index in [-0.39, 0.29) is 30.3 Å². The lowest BCUT2D eigenvalue weighted by Crippen LogP contribution is -2.46. The first-order chi connectivity index (χ1) is 16.0. The molecule has 2 aromatic carbocycles. The minimum atomic E-state index is -0.361. The van der Waals surface area contributed by atoms with Crippen molar-refractivity contribution in [2.24, 2.45) is 16.8 Å². The molecule has 2 amide bonds. The van der Waals surface area contributed by atoms with E-state index in [2.05, 4.69) is 5.10 Å². The predicted octanol–water partition coefficient (Wildman–Crippen LogP) is 3.77. The lowest BCUT2D eigenvalue weighted by Gasteiger charge is -2.35. The van der Waals surface area contributed by atoms with Gasteiger partial charge in [0, 0.05) is 23.7 Å². The molecular formula is C25H23ClN4O3. The van der Waals surface area contributed by atoms with Crippen molar-refractivity contribution < 1.29 is 14.0 Å². The third-order valence-electron chi connectivity index (χ3n) is 6.18. The van der Waals surface area contributed by atoms with Crippen LogP contribution in [0.3, 0.4) is 0 Å². The van der Waals surface area contributed by atoms with E-state index in [0.29, 0.717) is 30.2 Å². The summed E-state index contributed by atoms with van der Waals surface area (Å²) in [6.07, 6.45) is 2.70. The number of carbonyl (C=O) groups excluding carboxylic acids is 2. The van der Waals surface area contributed by atoms with Crippen molar-refractivity contribution in [2.45, 2.75) is 18.9 Å². The molecule has 0 fully saturated rings. The van der Waals surface area contributed by atoms with Gasteiger partial charge in [0.05, 0.1) is 24.4 Å². The van der Waals surface area contributed by atoms with Crippen molar-refractivity contribution in [3.05, 3.63) is 88.8 Å². The Kier molecular flexibility index (Phi) is 5.64. The fourth-order valence-electron chi connectivity index (χ4n) is 4.52. The highest BCUT2D eigenvalue weighted by atomic mass is 35.5. The fraction of sp³-hybridized carbons (Fsp3) is 0.240. The van der Waals surface area contributed by atoms with Gasteiger partial charge in [0.1, 0.15) is 11.8 Å². The number of primary amides is 1. The zero-order valence-corrected chi connectivity index (χ0v) is 18.6. The van der Waals surface area contributed by atoms with E-state index in [0.717, 1.165) is 22.5 Å². The van der Waals surface area contributed by atoms with Crippen molar-refractivity contribution in [3.63, 3.8) is 0 Å². The first-order valence-electron chi connectivity index (χ1n) is 10.8. The molecule has 0 saturated heterocycles. The Bertz CT molecular complexity index is 1210. The van der Waals surface area contributed by atoms with Crippen molar-refractivity contribution >= 4 is 34.8 Å². The Morgan fingerprint density at radius 2 is 1.85 bits per heavy atom. The number of benzene rings is 2. The van der Waals surface area contributed by atoms with Gasteiger partial charge in [-0.2, -0.15) is 5.10 Å². The van der Waals surface area contributed by atoms with Gasteiger partial charge in [-0.15, -0.1) is 0 Å². The number of para-hydroxylation sites is 1. The Morgan fingerprint density at radius 3 is 2.58 bits per heavy atom. The highest BCUT2D eigenvalue weighted by Crippen LogP contribution is 2.35. The molecule has 2 aliphatic rings. The summed E-state index contributed by atoms with van der Waals surface area (Å²) in [4.78, 5) is 27.4. The molecule has 2 atom stereocenters. The number of anilines is 1. The topological polar surface area (TPSA) is 92.1 Å². The Labute approximate surface area is 196 Å². The van der Waals surface area contributed by atoms with Crippen LogP contribution in [-0.2, 0) is 16.0 Å². The van der Waals surface area contributed by atoms with Crippen LogP contribution in [0.2, 0.25) is 5.02 Å². The molecule has 3 aromatic rings. The van der Waals surface area contributed by atoms with E-state index in [1.807, 2.05) is 47.4 Å². The zero-order chi connectivity index (χ0) is 22.9.